The third-order valence-corrected chi connectivity index (χ3v) is 5.54. The molecule has 0 radical (unpaired) electrons. The van der Waals surface area contributed by atoms with Crippen LogP contribution in [-0.2, 0) is 20.6 Å². The average Bonchev–Trinajstić information content (AvgIpc) is 2.67. The molecular weight excluding hydrogens is 333 g/mol. The van der Waals surface area contributed by atoms with Crippen molar-refractivity contribution >= 4 is 27.3 Å². The van der Waals surface area contributed by atoms with Crippen molar-refractivity contribution in [1.29, 1.82) is 0 Å². The van der Waals surface area contributed by atoms with E-state index in [1.807, 2.05) is 0 Å². The zero-order valence-corrected chi connectivity index (χ0v) is 13.8. The average molecular weight is 349 g/mol. The summed E-state index contributed by atoms with van der Waals surface area (Å²) in [5.74, 6) is -1.89. The third-order valence-electron chi connectivity index (χ3n) is 3.85. The molecule has 0 aliphatic carbocycles. The molecule has 2 heterocycles. The molecule has 0 spiro atoms. The molecule has 6 nitrogen and oxygen atoms in total. The number of aromatic nitrogens is 1. The van der Waals surface area contributed by atoms with E-state index in [-0.39, 0.29) is 23.7 Å². The van der Waals surface area contributed by atoms with Gasteiger partial charge in [0, 0.05) is 18.3 Å². The number of nitrogens with one attached hydrogen (secondary N) is 1. The van der Waals surface area contributed by atoms with Gasteiger partial charge < -0.3 is 5.32 Å². The second-order valence-corrected chi connectivity index (χ2v) is 7.56. The maximum absolute atomic E-state index is 13.8. The van der Waals surface area contributed by atoms with Crippen LogP contribution in [0.15, 0.2) is 42.7 Å². The zero-order valence-electron chi connectivity index (χ0n) is 12.9. The van der Waals surface area contributed by atoms with Crippen molar-refractivity contribution in [3.05, 3.63) is 54.1 Å². The van der Waals surface area contributed by atoms with Gasteiger partial charge in [0.2, 0.25) is 15.9 Å². The fourth-order valence-corrected chi connectivity index (χ4v) is 4.21. The summed E-state index contributed by atoms with van der Waals surface area (Å²) in [6.07, 6.45) is 2.85. The fourth-order valence-electron chi connectivity index (χ4n) is 2.53. The Morgan fingerprint density at radius 2 is 2.08 bits per heavy atom. The van der Waals surface area contributed by atoms with E-state index < -0.39 is 27.5 Å². The van der Waals surface area contributed by atoms with E-state index in [4.69, 9.17) is 0 Å². The first-order valence-corrected chi connectivity index (χ1v) is 8.98. The highest BCUT2D eigenvalue weighted by Gasteiger charge is 2.32. The molecule has 0 fully saturated rings. The number of pyridine rings is 1. The van der Waals surface area contributed by atoms with Gasteiger partial charge in [-0.1, -0.05) is 25.1 Å². The number of carbonyl (C=O) groups excluding carboxylic acids is 1. The third kappa shape index (κ3) is 3.09. The predicted octanol–water partition coefficient (Wildman–Crippen LogP) is 2.15. The first-order chi connectivity index (χ1) is 11.4. The molecule has 8 heteroatoms. The normalized spacial score (nSPS) is 17.8. The molecule has 0 saturated carbocycles. The van der Waals surface area contributed by atoms with Gasteiger partial charge in [-0.2, -0.15) is 0 Å². The van der Waals surface area contributed by atoms with E-state index >= 15 is 0 Å². The van der Waals surface area contributed by atoms with Gasteiger partial charge in [-0.15, -0.1) is 0 Å². The van der Waals surface area contributed by atoms with Crippen LogP contribution in [0.1, 0.15) is 12.5 Å². The molecule has 2 aromatic rings. The van der Waals surface area contributed by atoms with E-state index in [1.165, 1.54) is 36.7 Å². The van der Waals surface area contributed by atoms with Crippen LogP contribution in [0.5, 0.6) is 0 Å². The second-order valence-electron chi connectivity index (χ2n) is 5.66. The molecule has 0 bridgehead atoms. The summed E-state index contributed by atoms with van der Waals surface area (Å²) in [5.41, 5.74) is 0.738. The Morgan fingerprint density at radius 3 is 2.83 bits per heavy atom. The molecule has 1 aromatic heterocycles. The number of hydrogen-bond acceptors (Lipinski definition) is 4. The monoisotopic (exact) mass is 349 g/mol. The summed E-state index contributed by atoms with van der Waals surface area (Å²) >= 11 is 0. The topological polar surface area (TPSA) is 79.4 Å². The van der Waals surface area contributed by atoms with Crippen molar-refractivity contribution in [2.24, 2.45) is 5.92 Å². The molecule has 1 aliphatic heterocycles. The van der Waals surface area contributed by atoms with Gasteiger partial charge in [0.25, 0.3) is 0 Å². The Labute approximate surface area is 139 Å². The van der Waals surface area contributed by atoms with E-state index in [0.717, 1.165) is 4.31 Å². The van der Waals surface area contributed by atoms with Gasteiger partial charge in [-0.25, -0.2) is 12.8 Å². The largest absolute Gasteiger partial charge is 0.324 e. The van der Waals surface area contributed by atoms with Crippen LogP contribution in [0, 0.1) is 11.7 Å². The highest BCUT2D eigenvalue weighted by Crippen LogP contribution is 2.32. The predicted molar refractivity (Wildman–Crippen MR) is 88.4 cm³/mol. The van der Waals surface area contributed by atoms with Crippen LogP contribution >= 0.6 is 0 Å². The highest BCUT2D eigenvalue weighted by atomic mass is 32.2. The summed E-state index contributed by atoms with van der Waals surface area (Å²) in [7, 11) is -3.89. The Balaban J connectivity index is 2.03. The lowest BCUT2D eigenvalue weighted by atomic mass is 10.2. The Bertz CT molecular complexity index is 886. The van der Waals surface area contributed by atoms with Crippen molar-refractivity contribution in [2.75, 3.05) is 16.2 Å². The van der Waals surface area contributed by atoms with Crippen LogP contribution in [0.25, 0.3) is 0 Å². The van der Waals surface area contributed by atoms with Gasteiger partial charge in [-0.3, -0.25) is 14.1 Å². The Kier molecular flexibility index (Phi) is 4.23. The molecule has 1 N–H and O–H groups in total. The highest BCUT2D eigenvalue weighted by molar-refractivity contribution is 7.92. The number of fused-ring (bicyclic) bond motifs is 1. The molecule has 1 aromatic carbocycles. The molecule has 0 saturated heterocycles. The van der Waals surface area contributed by atoms with E-state index in [9.17, 15) is 17.6 Å². The molecule has 1 amide bonds. The lowest BCUT2D eigenvalue weighted by Gasteiger charge is -2.24. The second kappa shape index (κ2) is 6.20. The standard InChI is InChI=1S/C16H16FN3O3S/c1-11-9-20(15-8-18-7-6-14(15)19-16(11)21)24(22,23)10-12-4-2-3-5-13(12)17/h2-8,11H,9-10H2,1H3,(H,19,21). The number of nitrogens with zero attached hydrogens (tertiary/aromatic N) is 2. The van der Waals surface area contributed by atoms with Gasteiger partial charge >= 0.3 is 0 Å². The van der Waals surface area contributed by atoms with Crippen LogP contribution < -0.4 is 9.62 Å². The quantitative estimate of drug-likeness (QED) is 0.921. The number of carbonyl (C=O) groups is 1. The van der Waals surface area contributed by atoms with E-state index in [0.29, 0.717) is 5.69 Å². The number of benzene rings is 1. The maximum atomic E-state index is 13.8. The molecular formula is C16H16FN3O3S. The van der Waals surface area contributed by atoms with Crippen LogP contribution in [0.4, 0.5) is 15.8 Å². The number of hydrogen-bond donors (Lipinski definition) is 1. The first-order valence-electron chi connectivity index (χ1n) is 7.37. The molecule has 1 unspecified atom stereocenters. The minimum atomic E-state index is -3.89. The smallest absolute Gasteiger partial charge is 0.239 e. The summed E-state index contributed by atoms with van der Waals surface area (Å²) in [6.45, 7) is 1.61. The molecule has 126 valence electrons. The minimum Gasteiger partial charge on any atom is -0.324 e. The van der Waals surface area contributed by atoms with Crippen LogP contribution in [0.3, 0.4) is 0 Å². The SMILES string of the molecule is CC1CN(S(=O)(=O)Cc2ccccc2F)c2cnccc2NC1=O. The number of amides is 1. The number of halogens is 1. The molecule has 3 rings (SSSR count). The number of rotatable bonds is 3. The van der Waals surface area contributed by atoms with Gasteiger partial charge in [0.05, 0.1) is 29.2 Å². The van der Waals surface area contributed by atoms with E-state index in [1.54, 1.807) is 13.0 Å². The Morgan fingerprint density at radius 1 is 1.33 bits per heavy atom. The lowest BCUT2D eigenvalue weighted by molar-refractivity contribution is -0.119. The van der Waals surface area contributed by atoms with Crippen molar-refractivity contribution in [3.8, 4) is 0 Å². The summed E-state index contributed by atoms with van der Waals surface area (Å²) in [5, 5.41) is 2.69. The first kappa shape index (κ1) is 16.4. The van der Waals surface area contributed by atoms with Gasteiger partial charge in [-0.05, 0) is 12.1 Å². The Hall–Kier alpha value is -2.48. The minimum absolute atomic E-state index is 0.0265. The van der Waals surface area contributed by atoms with Gasteiger partial charge in [0.1, 0.15) is 5.82 Å². The lowest BCUT2D eigenvalue weighted by Crippen LogP contribution is -2.36. The molecule has 1 atom stereocenters. The van der Waals surface area contributed by atoms with Crippen LogP contribution in [0.2, 0.25) is 0 Å². The maximum Gasteiger partial charge on any atom is 0.239 e. The zero-order chi connectivity index (χ0) is 17.3. The summed E-state index contributed by atoms with van der Waals surface area (Å²) in [4.78, 5) is 16.0. The molecule has 24 heavy (non-hydrogen) atoms. The van der Waals surface area contributed by atoms with Crippen molar-refractivity contribution < 1.29 is 17.6 Å². The van der Waals surface area contributed by atoms with Gasteiger partial charge in [0.15, 0.2) is 0 Å². The fraction of sp³-hybridized carbons (Fsp3) is 0.250. The van der Waals surface area contributed by atoms with Crippen molar-refractivity contribution in [2.45, 2.75) is 12.7 Å². The van der Waals surface area contributed by atoms with Crippen molar-refractivity contribution in [1.82, 2.24) is 4.98 Å². The van der Waals surface area contributed by atoms with E-state index in [2.05, 4.69) is 10.3 Å². The molecule has 1 aliphatic rings. The van der Waals surface area contributed by atoms with Crippen LogP contribution in [-0.4, -0.2) is 25.9 Å². The number of sulfonamides is 1. The number of anilines is 2. The summed E-state index contributed by atoms with van der Waals surface area (Å²) in [6, 6.07) is 7.27. The van der Waals surface area contributed by atoms with Crippen molar-refractivity contribution in [3.63, 3.8) is 0 Å². The summed E-state index contributed by atoms with van der Waals surface area (Å²) < 4.78 is 40.7.